The fourth-order valence-electron chi connectivity index (χ4n) is 3.67. The molecule has 1 aliphatic heterocycles. The van der Waals surface area contributed by atoms with Crippen LogP contribution >= 0.6 is 11.3 Å². The predicted molar refractivity (Wildman–Crippen MR) is 106 cm³/mol. The molecule has 3 heterocycles. The Morgan fingerprint density at radius 3 is 2.54 bits per heavy atom. The molecule has 2 aromatic heterocycles. The summed E-state index contributed by atoms with van der Waals surface area (Å²) in [6.45, 7) is 4.46. The van der Waals surface area contributed by atoms with Crippen LogP contribution in [-0.4, -0.2) is 36.7 Å². The fraction of sp³-hybridized carbons (Fsp3) is 0.333. The zero-order valence-electron chi connectivity index (χ0n) is 16.3. The number of amides is 1. The molecule has 0 spiro atoms. The first-order chi connectivity index (χ1) is 13.5. The molecule has 0 saturated carbocycles. The lowest BCUT2D eigenvalue weighted by Gasteiger charge is -2.36. The second kappa shape index (κ2) is 7.31. The van der Waals surface area contributed by atoms with Gasteiger partial charge in [-0.3, -0.25) is 4.79 Å². The van der Waals surface area contributed by atoms with Gasteiger partial charge in [-0.2, -0.15) is 0 Å². The Labute approximate surface area is 167 Å². The number of fused-ring (bicyclic) bond motifs is 1. The summed E-state index contributed by atoms with van der Waals surface area (Å²) in [7, 11) is 3.23. The minimum absolute atomic E-state index is 0.00223. The summed E-state index contributed by atoms with van der Waals surface area (Å²) < 4.78 is 16.6. The van der Waals surface area contributed by atoms with Gasteiger partial charge in [0, 0.05) is 17.5 Å². The molecule has 0 aliphatic carbocycles. The van der Waals surface area contributed by atoms with Crippen LogP contribution in [0.2, 0.25) is 0 Å². The van der Waals surface area contributed by atoms with Crippen molar-refractivity contribution in [3.63, 3.8) is 0 Å². The summed E-state index contributed by atoms with van der Waals surface area (Å²) in [4.78, 5) is 17.0. The molecule has 1 amide bonds. The van der Waals surface area contributed by atoms with E-state index in [1.807, 2.05) is 49.1 Å². The van der Waals surface area contributed by atoms with Crippen LogP contribution in [0.3, 0.4) is 0 Å². The van der Waals surface area contributed by atoms with Crippen LogP contribution in [0.5, 0.6) is 11.5 Å². The number of carbonyl (C=O) groups excluding carboxylic acids is 1. The van der Waals surface area contributed by atoms with Gasteiger partial charge in [0.2, 0.25) is 0 Å². The molecule has 6 nitrogen and oxygen atoms in total. The Morgan fingerprint density at radius 2 is 1.93 bits per heavy atom. The van der Waals surface area contributed by atoms with E-state index in [1.54, 1.807) is 14.2 Å². The Bertz CT molecular complexity index is 1020. The number of aromatic nitrogens is 1. The van der Waals surface area contributed by atoms with Crippen LogP contribution in [0.4, 0.5) is 0 Å². The van der Waals surface area contributed by atoms with Gasteiger partial charge < -0.3 is 18.9 Å². The van der Waals surface area contributed by atoms with E-state index in [0.29, 0.717) is 23.8 Å². The third-order valence-electron chi connectivity index (χ3n) is 5.00. The normalized spacial score (nSPS) is 16.0. The Morgan fingerprint density at radius 1 is 1.18 bits per heavy atom. The summed E-state index contributed by atoms with van der Waals surface area (Å²) in [5.74, 6) is 1.95. The third kappa shape index (κ3) is 3.16. The molecule has 146 valence electrons. The van der Waals surface area contributed by atoms with E-state index in [9.17, 15) is 4.79 Å². The molecule has 0 N–H and O–H groups in total. The molecule has 1 atom stereocenters. The molecule has 7 heteroatoms. The lowest BCUT2D eigenvalue weighted by molar-refractivity contribution is 0.0674. The Hall–Kier alpha value is -2.80. The fourth-order valence-corrected chi connectivity index (χ4v) is 4.50. The van der Waals surface area contributed by atoms with Gasteiger partial charge in [0.05, 0.1) is 24.8 Å². The van der Waals surface area contributed by atoms with Gasteiger partial charge in [-0.25, -0.2) is 0 Å². The summed E-state index contributed by atoms with van der Waals surface area (Å²) in [6.07, 6.45) is 0.732. The largest absolute Gasteiger partial charge is 0.493 e. The van der Waals surface area contributed by atoms with Crippen LogP contribution in [0.15, 0.2) is 34.9 Å². The molecule has 1 aliphatic rings. The quantitative estimate of drug-likeness (QED) is 0.660. The van der Waals surface area contributed by atoms with Crippen molar-refractivity contribution < 1.29 is 18.8 Å². The average Bonchev–Trinajstić information content (AvgIpc) is 3.33. The first-order valence-corrected chi connectivity index (χ1v) is 9.89. The number of nitrogens with zero attached hydrogens (tertiary/aromatic N) is 2. The topological polar surface area (TPSA) is 64.8 Å². The number of hydrogen-bond acceptors (Lipinski definition) is 6. The predicted octanol–water partition coefficient (Wildman–Crippen LogP) is 4.16. The summed E-state index contributed by atoms with van der Waals surface area (Å²) in [6, 6.07) is 9.31. The lowest BCUT2D eigenvalue weighted by atomic mass is 9.90. The highest BCUT2D eigenvalue weighted by Crippen LogP contribution is 2.42. The molecule has 0 fully saturated rings. The number of rotatable bonds is 4. The first-order valence-electron chi connectivity index (χ1n) is 9.07. The minimum atomic E-state index is -0.361. The number of aryl methyl sites for hydroxylation is 2. The molecule has 0 bridgehead atoms. The number of carbonyl (C=O) groups is 1. The van der Waals surface area contributed by atoms with Crippen LogP contribution < -0.4 is 9.47 Å². The number of hydrogen-bond donors (Lipinski definition) is 0. The highest BCUT2D eigenvalue weighted by atomic mass is 32.1. The van der Waals surface area contributed by atoms with Crippen molar-refractivity contribution in [2.45, 2.75) is 26.3 Å². The van der Waals surface area contributed by atoms with E-state index in [4.69, 9.17) is 14.0 Å². The van der Waals surface area contributed by atoms with Crippen molar-refractivity contribution in [3.05, 3.63) is 62.7 Å². The zero-order valence-corrected chi connectivity index (χ0v) is 17.1. The summed E-state index contributed by atoms with van der Waals surface area (Å²) in [5.41, 5.74) is 2.87. The number of benzene rings is 1. The van der Waals surface area contributed by atoms with Gasteiger partial charge in [-0.1, -0.05) is 5.16 Å². The zero-order chi connectivity index (χ0) is 19.8. The van der Waals surface area contributed by atoms with E-state index >= 15 is 0 Å². The summed E-state index contributed by atoms with van der Waals surface area (Å²) in [5, 5.41) is 4.05. The van der Waals surface area contributed by atoms with Crippen LogP contribution in [0, 0.1) is 13.8 Å². The van der Waals surface area contributed by atoms with E-state index in [-0.39, 0.29) is 11.9 Å². The molecular weight excluding hydrogens is 376 g/mol. The van der Waals surface area contributed by atoms with Gasteiger partial charge in [-0.15, -0.1) is 11.3 Å². The van der Waals surface area contributed by atoms with Crippen molar-refractivity contribution in [3.8, 4) is 11.5 Å². The van der Waals surface area contributed by atoms with Crippen molar-refractivity contribution in [1.82, 2.24) is 10.1 Å². The molecule has 3 aromatic rings. The Balaban J connectivity index is 1.84. The average molecular weight is 398 g/mol. The van der Waals surface area contributed by atoms with E-state index in [0.717, 1.165) is 33.0 Å². The van der Waals surface area contributed by atoms with Crippen molar-refractivity contribution in [2.75, 3.05) is 20.8 Å². The van der Waals surface area contributed by atoms with Gasteiger partial charge in [0.15, 0.2) is 17.3 Å². The molecule has 0 saturated heterocycles. The van der Waals surface area contributed by atoms with Gasteiger partial charge in [0.1, 0.15) is 6.04 Å². The van der Waals surface area contributed by atoms with Crippen molar-refractivity contribution in [1.29, 1.82) is 0 Å². The second-order valence-corrected chi connectivity index (χ2v) is 8.13. The molecule has 1 aromatic carbocycles. The summed E-state index contributed by atoms with van der Waals surface area (Å²) >= 11 is 1.50. The lowest BCUT2D eigenvalue weighted by Crippen LogP contribution is -2.40. The first kappa shape index (κ1) is 18.6. The van der Waals surface area contributed by atoms with Crippen molar-refractivity contribution >= 4 is 17.2 Å². The maximum absolute atomic E-state index is 13.3. The molecule has 28 heavy (non-hydrogen) atoms. The van der Waals surface area contributed by atoms with Gasteiger partial charge >= 0.3 is 0 Å². The van der Waals surface area contributed by atoms with E-state index in [2.05, 4.69) is 5.16 Å². The number of ether oxygens (including phenoxy) is 2. The molecular formula is C21H22N2O4S. The smallest absolute Gasteiger partial charge is 0.264 e. The number of thiophene rings is 1. The highest BCUT2D eigenvalue weighted by molar-refractivity contribution is 7.13. The minimum Gasteiger partial charge on any atom is -0.493 e. The number of methoxy groups -OCH3 is 2. The third-order valence-corrected chi connectivity index (χ3v) is 5.99. The standard InChI is InChI=1S/C21H22N2O4S/c1-12-9-18(27-22-12)20-15-11-17(26-4)16(25-3)10-14(15)7-8-23(20)21(24)19-6-5-13(2)28-19/h5-6,9-11,20H,7-8H2,1-4H3. The van der Waals surface area contributed by atoms with E-state index in [1.165, 1.54) is 11.3 Å². The van der Waals surface area contributed by atoms with E-state index < -0.39 is 0 Å². The van der Waals surface area contributed by atoms with Crippen molar-refractivity contribution in [2.24, 2.45) is 0 Å². The van der Waals surface area contributed by atoms with Gasteiger partial charge in [0.25, 0.3) is 5.91 Å². The second-order valence-electron chi connectivity index (χ2n) is 6.84. The maximum atomic E-state index is 13.3. The van der Waals surface area contributed by atoms with Crippen LogP contribution in [0.1, 0.15) is 43.2 Å². The monoisotopic (exact) mass is 398 g/mol. The van der Waals surface area contributed by atoms with Crippen LogP contribution in [-0.2, 0) is 6.42 Å². The maximum Gasteiger partial charge on any atom is 0.264 e. The van der Waals surface area contributed by atoms with Crippen LogP contribution in [0.25, 0.3) is 0 Å². The van der Waals surface area contributed by atoms with Gasteiger partial charge in [-0.05, 0) is 55.7 Å². The molecule has 4 rings (SSSR count). The molecule has 0 radical (unpaired) electrons. The highest BCUT2D eigenvalue weighted by Gasteiger charge is 2.36. The SMILES string of the molecule is COc1cc2c(cc1OC)C(c1cc(C)no1)N(C(=O)c1ccc(C)s1)CC2. The Kier molecular flexibility index (Phi) is 4.85. The molecule has 1 unspecified atom stereocenters.